The van der Waals surface area contributed by atoms with Crippen LogP contribution in [0.25, 0.3) is 10.2 Å². The number of hydrogen-bond donors (Lipinski definition) is 9. The topological polar surface area (TPSA) is 376 Å². The molecule has 5 aromatic heterocycles. The molecule has 9 N–H and O–H groups in total. The van der Waals surface area contributed by atoms with E-state index in [0.717, 1.165) is 208 Å². The first-order valence-electron chi connectivity index (χ1n) is 51.2. The van der Waals surface area contributed by atoms with E-state index in [9.17, 15) is 49.5 Å². The van der Waals surface area contributed by atoms with Crippen molar-refractivity contribution in [1.29, 1.82) is 0 Å². The molecule has 0 spiro atoms. The average molecular weight is 2090 g/mol. The molecule has 0 bridgehead atoms. The third kappa shape index (κ3) is 26.1. The number of benzene rings is 4. The van der Waals surface area contributed by atoms with Crippen LogP contribution in [-0.2, 0) is 19.1 Å². The Hall–Kier alpha value is -9.88. The number of halogens is 5. The van der Waals surface area contributed by atoms with Gasteiger partial charge in [0.15, 0.2) is 5.82 Å². The van der Waals surface area contributed by atoms with Gasteiger partial charge < -0.3 is 90.7 Å². The van der Waals surface area contributed by atoms with Crippen LogP contribution in [0.1, 0.15) is 201 Å². The minimum absolute atomic E-state index is 0.0192. The van der Waals surface area contributed by atoms with Crippen LogP contribution in [0, 0.1) is 81.0 Å². The van der Waals surface area contributed by atoms with Gasteiger partial charge >= 0.3 is 23.9 Å². The summed E-state index contributed by atoms with van der Waals surface area (Å²) in [5, 5.41) is 66.4. The molecule has 14 heterocycles. The number of β-amino-alcohol motifs (C(OH)–C–C–N with tert-alkyl or cyclic N) is 2. The Morgan fingerprint density at radius 1 is 0.451 bits per heavy atom. The van der Waals surface area contributed by atoms with E-state index in [1.807, 2.05) is 114 Å². The number of nitrogens with one attached hydrogen (secondary N) is 4. The van der Waals surface area contributed by atoms with Gasteiger partial charge in [-0.15, -0.1) is 11.3 Å². The van der Waals surface area contributed by atoms with Crippen molar-refractivity contribution in [2.75, 3.05) is 192 Å². The van der Waals surface area contributed by atoms with E-state index in [1.54, 1.807) is 30.7 Å². The highest BCUT2D eigenvalue weighted by atomic mass is 35.5. The number of carboxylic acid groups (broad SMARTS) is 3. The normalized spacial score (nSPS) is 22.3. The van der Waals surface area contributed by atoms with Crippen molar-refractivity contribution in [2.45, 2.75) is 176 Å². The molecule has 774 valence electrons. The highest BCUT2D eigenvalue weighted by molar-refractivity contribution is 7.17. The van der Waals surface area contributed by atoms with E-state index in [0.29, 0.717) is 135 Å². The van der Waals surface area contributed by atoms with Crippen molar-refractivity contribution in [3.8, 4) is 0 Å². The van der Waals surface area contributed by atoms with Crippen molar-refractivity contribution in [1.82, 2.24) is 64.4 Å². The summed E-state index contributed by atoms with van der Waals surface area (Å²) in [4.78, 5) is 117. The van der Waals surface area contributed by atoms with E-state index in [-0.39, 0.29) is 73.2 Å². The molecule has 2 unspecified atom stereocenters. The lowest BCUT2D eigenvalue weighted by Crippen LogP contribution is -2.60. The summed E-state index contributed by atoms with van der Waals surface area (Å²) in [7, 11) is 0. The molecule has 9 aliphatic heterocycles. The second kappa shape index (κ2) is 48.8. The number of anilines is 8. The fraction of sp³-hybridized carbons (Fsp3) is 0.557. The number of aliphatic hydroxyl groups is 2. The second-order valence-corrected chi connectivity index (χ2v) is 44.0. The number of aryl methyl sites for hydroxylation is 4. The van der Waals surface area contributed by atoms with Gasteiger partial charge in [-0.25, -0.2) is 29.5 Å². The number of fused-ring (bicyclic) bond motifs is 1. The van der Waals surface area contributed by atoms with Crippen molar-refractivity contribution in [3.63, 3.8) is 0 Å². The summed E-state index contributed by atoms with van der Waals surface area (Å²) in [5.41, 5.74) is 9.56. The molecule has 9 atom stereocenters. The Morgan fingerprint density at radius 2 is 0.882 bits per heavy atom. The summed E-state index contributed by atoms with van der Waals surface area (Å²) >= 11 is 34.0. The van der Waals surface area contributed by atoms with Crippen LogP contribution in [0.15, 0.2) is 103 Å². The largest absolute Gasteiger partial charge is 0.481 e. The summed E-state index contributed by atoms with van der Waals surface area (Å²) in [6.07, 6.45) is 16.8. The molecule has 4 aromatic carbocycles. The van der Waals surface area contributed by atoms with Crippen LogP contribution >= 0.6 is 69.3 Å². The first-order valence-corrected chi connectivity index (χ1v) is 54.0. The molecule has 10 aliphatic rings. The zero-order valence-corrected chi connectivity index (χ0v) is 88.4. The molecule has 1 amide bonds. The predicted molar refractivity (Wildman–Crippen MR) is 570 cm³/mol. The van der Waals surface area contributed by atoms with E-state index in [4.69, 9.17) is 82.7 Å². The van der Waals surface area contributed by atoms with Crippen LogP contribution in [0.3, 0.4) is 0 Å². The molecule has 38 heteroatoms. The van der Waals surface area contributed by atoms with Crippen molar-refractivity contribution in [2.24, 2.45) is 53.3 Å². The first kappa shape index (κ1) is 107. The zero-order chi connectivity index (χ0) is 102. The third-order valence-corrected chi connectivity index (χ3v) is 33.3. The highest BCUT2D eigenvalue weighted by Crippen LogP contribution is 2.45. The highest BCUT2D eigenvalue weighted by Gasteiger charge is 2.48. The molecule has 10 fully saturated rings. The molecule has 1 saturated carbocycles. The minimum Gasteiger partial charge on any atom is -0.481 e. The molecular weight excluding hydrogens is 1950 g/mol. The van der Waals surface area contributed by atoms with E-state index in [1.165, 1.54) is 44.7 Å². The monoisotopic (exact) mass is 2090 g/mol. The number of hydrogen-bond acceptors (Lipinski definition) is 29. The van der Waals surface area contributed by atoms with Gasteiger partial charge in [0.05, 0.1) is 66.3 Å². The number of carbonyl (C=O) groups is 5. The van der Waals surface area contributed by atoms with E-state index < -0.39 is 29.9 Å². The van der Waals surface area contributed by atoms with E-state index >= 15 is 0 Å². The lowest BCUT2D eigenvalue weighted by Gasteiger charge is -2.50. The maximum absolute atomic E-state index is 12.6. The van der Waals surface area contributed by atoms with Gasteiger partial charge in [-0.3, -0.25) is 19.3 Å². The Bertz CT molecular complexity index is 5970. The maximum Gasteiger partial charge on any atom is 0.343 e. The number of ether oxygens (including phenoxy) is 1. The number of amides is 1. The number of nitrogens with zero attached hydrogens (tertiary/aromatic N) is 17. The van der Waals surface area contributed by atoms with Gasteiger partial charge in [0.2, 0.25) is 29.7 Å². The third-order valence-electron chi connectivity index (χ3n) is 30.8. The molecule has 9 aromatic rings. The Morgan fingerprint density at radius 3 is 1.34 bits per heavy atom. The summed E-state index contributed by atoms with van der Waals surface area (Å²) < 4.78 is 6.31. The number of esters is 1. The van der Waals surface area contributed by atoms with Crippen molar-refractivity contribution < 1.29 is 54.2 Å². The maximum atomic E-state index is 12.6. The molecular formula is C106H138Cl5N21O11S. The quantitative estimate of drug-likeness (QED) is 0.0173. The second-order valence-electron chi connectivity index (χ2n) is 41.0. The Balaban J connectivity index is 0.000000138. The molecule has 32 nitrogen and oxygen atoms in total. The first-order chi connectivity index (χ1) is 69.3. The predicted octanol–water partition coefficient (Wildman–Crippen LogP) is 17.7. The van der Waals surface area contributed by atoms with Gasteiger partial charge in [-0.2, -0.15) is 19.9 Å². The van der Waals surface area contributed by atoms with Crippen molar-refractivity contribution in [3.05, 3.63) is 184 Å². The fourth-order valence-corrected chi connectivity index (χ4v) is 24.8. The molecule has 1 aliphatic carbocycles. The standard InChI is InChI=1S/C28H36Cl2N6O3.C28H34ClN5O2S.C26H36ClN5O3.C24H32ClN5O3/c1-17-7-8-20(22(29)13-17)18(2)32-26-23(30)14-31-28(33-26)36-15-19(16-36)21-5-3-10-35(25(21)27(38)39)12-11-34-9-4-6-24(34)37;1-16-5-6-22(23(29)10-16)17(2)30-26-25-24(7-9-37-25)31-28(32-26)34-14-20(15-34)18-4-3-8-33(13-18)21-11-19(12-21)27(35)36;1-4-35-25(34)22-13-28-26(30-24(22)29-18(3)21-8-7-17(2)12-23(21)27)32-15-20(16-32)19-6-5-9-31(14-19)10-11-33;1-15-5-6-19(21(25)10-15)16(2)27-22-20(23(32)33)11-26-24(28-22)30-13-18(14-30)17-4-3-7-29(12-17)8-9-31/h7-8,13-14,18-19,21,25H,3-6,9-12,15-16H2,1-2H3,(H,38,39)(H,31,32,33);5-7,9-10,17-21H,3-4,8,11-15H2,1-2H3,(H,35,36)(H,30,31,32);7-8,12-13,18-20,33H,4-6,9-11,14-16H2,1-3H3,(H,28,29,30);5-6,10-11,16-18,31H,3-4,7-9,12-14H2,1-2H3,(H,32,33)(H,26,27,28)/t18-,21?,25?;17-,18+,19?,21?;18-,19+;16-,17+/m1111/s1. The fourth-order valence-electron chi connectivity index (χ4n) is 22.3. The van der Waals surface area contributed by atoms with Crippen LogP contribution < -0.4 is 40.9 Å². The molecule has 19 rings (SSSR count). The van der Waals surface area contributed by atoms with Crippen LogP contribution in [0.4, 0.5) is 47.1 Å². The summed E-state index contributed by atoms with van der Waals surface area (Å²) in [6.45, 7) is 36.1. The lowest BCUT2D eigenvalue weighted by molar-refractivity contribution is -0.149. The number of piperidine rings is 4. The van der Waals surface area contributed by atoms with E-state index in [2.05, 4.69) is 111 Å². The summed E-state index contributed by atoms with van der Waals surface area (Å²) in [6, 6.07) is 25.4. The number of likely N-dealkylation sites (tertiary alicyclic amines) is 5. The lowest BCUT2D eigenvalue weighted by atomic mass is 9.75. The smallest absolute Gasteiger partial charge is 0.343 e. The molecule has 0 radical (unpaired) electrons. The Labute approximate surface area is 873 Å². The number of carboxylic acids is 3. The van der Waals surface area contributed by atoms with Crippen LogP contribution in [0.5, 0.6) is 0 Å². The van der Waals surface area contributed by atoms with Crippen LogP contribution in [-0.4, -0.2) is 282 Å². The number of rotatable bonds is 33. The number of aliphatic hydroxyl groups excluding tert-OH is 2. The van der Waals surface area contributed by atoms with Gasteiger partial charge in [0.25, 0.3) is 0 Å². The summed E-state index contributed by atoms with van der Waals surface area (Å²) in [5.74, 6) is 5.80. The van der Waals surface area contributed by atoms with Gasteiger partial charge in [-0.1, -0.05) is 107 Å². The van der Waals surface area contributed by atoms with Gasteiger partial charge in [0, 0.05) is 150 Å². The minimum atomic E-state index is -1.07. The Kier molecular flexibility index (Phi) is 36.3. The number of carbonyl (C=O) groups excluding carboxylic acids is 2. The average Bonchev–Trinajstić information content (AvgIpc) is 1.34. The van der Waals surface area contributed by atoms with Gasteiger partial charge in [0.1, 0.15) is 39.6 Å². The van der Waals surface area contributed by atoms with Crippen LogP contribution in [0.2, 0.25) is 25.1 Å². The number of aliphatic carboxylic acids is 2. The SMILES string of the molecule is CCOC(=O)c1cnc(N2CC([C@H]3CCCN(CCO)C3)C2)nc1N[C@H](C)c1ccc(C)cc1Cl.Cc1ccc([C@@H](C)Nc2nc(N3CC(C4CCCN(CCN5CCCC5=O)C4C(=O)O)C3)ncc2Cl)c(Cl)c1.Cc1ccc([C@@H](C)Nc2nc(N3CC([C@H]4CCCN(C5CC(C(=O)O)C5)C4)C3)nc3ccsc23)c(Cl)c1.Cc1ccc([C@@H](C)Nc2nc(N3CC([C@H]4CCCN(CCO)C4)C3)ncc2C(=O)O)c(Cl)c1. The number of thiophene rings is 1. The number of aromatic nitrogens is 8. The molecule has 9 saturated heterocycles. The zero-order valence-electron chi connectivity index (χ0n) is 83.8. The number of aromatic carboxylic acids is 1. The van der Waals surface area contributed by atoms with Gasteiger partial charge in [-0.05, 0) is 287 Å². The van der Waals surface area contributed by atoms with Crippen molar-refractivity contribution >= 4 is 156 Å². The molecule has 144 heavy (non-hydrogen) atoms.